The van der Waals surface area contributed by atoms with Crippen LogP contribution in [0.3, 0.4) is 0 Å². The Morgan fingerprint density at radius 3 is 2.15 bits per heavy atom. The van der Waals surface area contributed by atoms with Crippen LogP contribution in [-0.4, -0.2) is 24.2 Å². The molecule has 76 valence electrons. The van der Waals surface area contributed by atoms with E-state index in [4.69, 9.17) is 0 Å². The van der Waals surface area contributed by atoms with E-state index in [1.54, 1.807) is 6.92 Å². The minimum atomic E-state index is -3.40. The molecule has 0 radical (unpaired) electrons. The van der Waals surface area contributed by atoms with Crippen molar-refractivity contribution in [1.29, 1.82) is 0 Å². The van der Waals surface area contributed by atoms with E-state index < -0.39 is 24.2 Å². The number of Topliss-reactive ketones (excluding diaryl/α,β-unsaturated/α-hetero) is 2. The van der Waals surface area contributed by atoms with Gasteiger partial charge in [0, 0.05) is 6.42 Å². The summed E-state index contributed by atoms with van der Waals surface area (Å²) in [5.41, 5.74) is 0. The van der Waals surface area contributed by atoms with Gasteiger partial charge in [0.2, 0.25) is 12.0 Å². The van der Waals surface area contributed by atoms with Gasteiger partial charge in [-0.3, -0.25) is 9.59 Å². The number of unbranched alkanes of at least 4 members (excludes halogenated alkanes) is 1. The Balaban J connectivity index is 4.02. The number of hydrogen-bond donors (Lipinski definition) is 0. The van der Waals surface area contributed by atoms with Gasteiger partial charge in [-0.25, -0.2) is 13.2 Å². The van der Waals surface area contributed by atoms with E-state index in [9.17, 15) is 22.8 Å². The van der Waals surface area contributed by atoms with E-state index in [1.165, 1.54) is 0 Å². The van der Waals surface area contributed by atoms with Gasteiger partial charge in [0.05, 0.1) is 0 Å². The molecular formula is C8H11F3O2. The molecular weight excluding hydrogens is 185 g/mol. The zero-order chi connectivity index (χ0) is 10.4. The Morgan fingerprint density at radius 1 is 1.23 bits per heavy atom. The van der Waals surface area contributed by atoms with Crippen molar-refractivity contribution in [2.75, 3.05) is 0 Å². The van der Waals surface area contributed by atoms with Gasteiger partial charge in [-0.15, -0.1) is 0 Å². The SMILES string of the molecule is CCCCC(=O)C(F)C(=O)C(F)F. The van der Waals surface area contributed by atoms with Crippen molar-refractivity contribution < 1.29 is 22.8 Å². The van der Waals surface area contributed by atoms with Crippen LogP contribution in [0.1, 0.15) is 26.2 Å². The lowest BCUT2D eigenvalue weighted by atomic mass is 10.1. The van der Waals surface area contributed by atoms with Crippen LogP contribution in [0.4, 0.5) is 13.2 Å². The average molecular weight is 196 g/mol. The van der Waals surface area contributed by atoms with Crippen molar-refractivity contribution in [3.63, 3.8) is 0 Å². The summed E-state index contributed by atoms with van der Waals surface area (Å²) in [6.07, 6.45) is -5.14. The van der Waals surface area contributed by atoms with Crippen LogP contribution in [-0.2, 0) is 9.59 Å². The molecule has 0 fully saturated rings. The fraction of sp³-hybridized carbons (Fsp3) is 0.750. The van der Waals surface area contributed by atoms with Crippen LogP contribution >= 0.6 is 0 Å². The van der Waals surface area contributed by atoms with E-state index in [2.05, 4.69) is 0 Å². The first-order valence-corrected chi connectivity index (χ1v) is 3.99. The summed E-state index contributed by atoms with van der Waals surface area (Å²) in [7, 11) is 0. The van der Waals surface area contributed by atoms with Crippen LogP contribution in [0.15, 0.2) is 0 Å². The summed E-state index contributed by atoms with van der Waals surface area (Å²) in [5.74, 6) is -2.98. The molecule has 1 unspecified atom stereocenters. The minimum absolute atomic E-state index is 0.157. The summed E-state index contributed by atoms with van der Waals surface area (Å²) in [5, 5.41) is 0. The standard InChI is InChI=1S/C8H11F3O2/c1-2-3-4-5(12)6(9)7(13)8(10)11/h6,8H,2-4H2,1H3. The maximum absolute atomic E-state index is 12.6. The zero-order valence-electron chi connectivity index (χ0n) is 7.23. The molecule has 0 rings (SSSR count). The smallest absolute Gasteiger partial charge is 0.296 e. The molecule has 0 aliphatic carbocycles. The van der Waals surface area contributed by atoms with E-state index in [-0.39, 0.29) is 6.42 Å². The maximum Gasteiger partial charge on any atom is 0.299 e. The molecule has 0 saturated carbocycles. The molecule has 0 aliphatic rings. The minimum Gasteiger partial charge on any atom is -0.296 e. The molecule has 0 aromatic carbocycles. The number of halogens is 3. The molecule has 0 heterocycles. The summed E-state index contributed by atoms with van der Waals surface area (Å²) in [6.45, 7) is 1.77. The lowest BCUT2D eigenvalue weighted by molar-refractivity contribution is -0.141. The molecule has 2 nitrogen and oxygen atoms in total. The van der Waals surface area contributed by atoms with E-state index in [1.807, 2.05) is 0 Å². The van der Waals surface area contributed by atoms with Gasteiger partial charge in [0.1, 0.15) is 0 Å². The topological polar surface area (TPSA) is 34.1 Å². The van der Waals surface area contributed by atoms with Gasteiger partial charge in [-0.2, -0.15) is 0 Å². The highest BCUT2D eigenvalue weighted by Crippen LogP contribution is 2.08. The van der Waals surface area contributed by atoms with Crippen molar-refractivity contribution in [3.05, 3.63) is 0 Å². The first-order valence-electron chi connectivity index (χ1n) is 3.99. The second-order valence-corrected chi connectivity index (χ2v) is 2.64. The molecule has 0 spiro atoms. The molecule has 0 aromatic rings. The second-order valence-electron chi connectivity index (χ2n) is 2.64. The molecule has 0 bridgehead atoms. The Hall–Kier alpha value is -0.870. The number of alkyl halides is 3. The van der Waals surface area contributed by atoms with Crippen molar-refractivity contribution >= 4 is 11.6 Å². The number of ketones is 2. The van der Waals surface area contributed by atoms with E-state index in [0.29, 0.717) is 12.8 Å². The lowest BCUT2D eigenvalue weighted by Crippen LogP contribution is -2.30. The fourth-order valence-electron chi connectivity index (χ4n) is 0.747. The Bertz CT molecular complexity index is 192. The molecule has 0 aliphatic heterocycles. The van der Waals surface area contributed by atoms with E-state index >= 15 is 0 Å². The highest BCUT2D eigenvalue weighted by atomic mass is 19.3. The number of carbonyl (C=O) groups excluding carboxylic acids is 2. The highest BCUT2D eigenvalue weighted by molar-refractivity contribution is 6.06. The molecule has 13 heavy (non-hydrogen) atoms. The lowest BCUT2D eigenvalue weighted by Gasteiger charge is -2.04. The summed E-state index contributed by atoms with van der Waals surface area (Å²) in [6, 6.07) is 0. The summed E-state index contributed by atoms with van der Waals surface area (Å²) >= 11 is 0. The van der Waals surface area contributed by atoms with Gasteiger partial charge in [0.25, 0.3) is 6.43 Å². The number of carbonyl (C=O) groups is 2. The average Bonchev–Trinajstić information content (AvgIpc) is 2.11. The Kier molecular flexibility index (Phi) is 5.34. The number of rotatable bonds is 6. The molecule has 0 amide bonds. The molecule has 0 N–H and O–H groups in total. The van der Waals surface area contributed by atoms with Crippen LogP contribution in [0.25, 0.3) is 0 Å². The molecule has 1 atom stereocenters. The number of hydrogen-bond acceptors (Lipinski definition) is 2. The van der Waals surface area contributed by atoms with Gasteiger partial charge < -0.3 is 0 Å². The van der Waals surface area contributed by atoms with Crippen LogP contribution < -0.4 is 0 Å². The summed E-state index contributed by atoms with van der Waals surface area (Å²) < 4.78 is 35.8. The summed E-state index contributed by atoms with van der Waals surface area (Å²) in [4.78, 5) is 21.0. The molecule has 5 heteroatoms. The van der Waals surface area contributed by atoms with Crippen molar-refractivity contribution in [3.8, 4) is 0 Å². The largest absolute Gasteiger partial charge is 0.299 e. The van der Waals surface area contributed by atoms with Gasteiger partial charge in [-0.05, 0) is 6.42 Å². The molecule has 0 aromatic heterocycles. The maximum atomic E-state index is 12.6. The van der Waals surface area contributed by atoms with E-state index in [0.717, 1.165) is 0 Å². The quantitative estimate of drug-likeness (QED) is 0.608. The van der Waals surface area contributed by atoms with Crippen LogP contribution in [0, 0.1) is 0 Å². The van der Waals surface area contributed by atoms with Crippen molar-refractivity contribution in [2.24, 2.45) is 0 Å². The third-order valence-electron chi connectivity index (χ3n) is 1.52. The van der Waals surface area contributed by atoms with Crippen molar-refractivity contribution in [1.82, 2.24) is 0 Å². The fourth-order valence-corrected chi connectivity index (χ4v) is 0.747. The Labute approximate surface area is 74.1 Å². The predicted octanol–water partition coefficient (Wildman–Crippen LogP) is 1.92. The van der Waals surface area contributed by atoms with Gasteiger partial charge in [-0.1, -0.05) is 13.3 Å². The first kappa shape index (κ1) is 12.1. The normalized spacial score (nSPS) is 13.0. The highest BCUT2D eigenvalue weighted by Gasteiger charge is 2.31. The third-order valence-corrected chi connectivity index (χ3v) is 1.52. The molecule has 0 saturated heterocycles. The van der Waals surface area contributed by atoms with Crippen LogP contribution in [0.2, 0.25) is 0 Å². The second kappa shape index (κ2) is 5.72. The van der Waals surface area contributed by atoms with Crippen molar-refractivity contribution in [2.45, 2.75) is 38.8 Å². The van der Waals surface area contributed by atoms with Crippen LogP contribution in [0.5, 0.6) is 0 Å². The monoisotopic (exact) mass is 196 g/mol. The zero-order valence-corrected chi connectivity index (χ0v) is 7.23. The van der Waals surface area contributed by atoms with Gasteiger partial charge in [0.15, 0.2) is 5.78 Å². The third kappa shape index (κ3) is 4.05. The first-order chi connectivity index (χ1) is 6.00. The Morgan fingerprint density at radius 2 is 1.77 bits per heavy atom. The predicted molar refractivity (Wildman–Crippen MR) is 40.4 cm³/mol. The van der Waals surface area contributed by atoms with Gasteiger partial charge >= 0.3 is 0 Å².